The average Bonchev–Trinajstić information content (AvgIpc) is 3.31. The third-order valence-corrected chi connectivity index (χ3v) is 5.02. The molecule has 3 rings (SSSR count). The van der Waals surface area contributed by atoms with E-state index in [2.05, 4.69) is 15.0 Å². The summed E-state index contributed by atoms with van der Waals surface area (Å²) >= 11 is 0. The van der Waals surface area contributed by atoms with Crippen LogP contribution >= 0.6 is 0 Å². The van der Waals surface area contributed by atoms with Crippen LogP contribution in [0.1, 0.15) is 49.7 Å². The standard InChI is InChI=1S/C25H28F2N2O5/c1-4-18(5-2)33-22-13-16(11-12-21(22)34-25(26)27)24-29-17(15-32-24)14-28-23(30)19-9-7-8-10-20(19)31-6-3/h7-13,15,18,25H,4-6,14H2,1-3H3,(H,28,30). The summed E-state index contributed by atoms with van der Waals surface area (Å²) in [5.41, 5.74) is 1.44. The van der Waals surface area contributed by atoms with Crippen LogP contribution in [0.5, 0.6) is 17.2 Å². The predicted octanol–water partition coefficient (Wildman–Crippen LogP) is 5.84. The molecule has 2 aromatic carbocycles. The van der Waals surface area contributed by atoms with E-state index in [1.807, 2.05) is 20.8 Å². The summed E-state index contributed by atoms with van der Waals surface area (Å²) in [5.74, 6) is 0.587. The van der Waals surface area contributed by atoms with E-state index in [1.165, 1.54) is 12.3 Å². The van der Waals surface area contributed by atoms with Gasteiger partial charge in [0.15, 0.2) is 11.5 Å². The fourth-order valence-electron chi connectivity index (χ4n) is 3.28. The Morgan fingerprint density at radius 2 is 1.79 bits per heavy atom. The van der Waals surface area contributed by atoms with Crippen molar-refractivity contribution in [3.8, 4) is 28.7 Å². The zero-order valence-corrected chi connectivity index (χ0v) is 19.3. The molecule has 1 aromatic heterocycles. The Balaban J connectivity index is 1.74. The van der Waals surface area contributed by atoms with Crippen molar-refractivity contribution in [3.63, 3.8) is 0 Å². The number of halogens is 2. The van der Waals surface area contributed by atoms with Crippen LogP contribution in [0.3, 0.4) is 0 Å². The van der Waals surface area contributed by atoms with Crippen LogP contribution in [0.4, 0.5) is 8.78 Å². The molecule has 3 aromatic rings. The zero-order chi connectivity index (χ0) is 24.5. The maximum absolute atomic E-state index is 12.8. The van der Waals surface area contributed by atoms with Crippen LogP contribution in [0.2, 0.25) is 0 Å². The lowest BCUT2D eigenvalue weighted by Gasteiger charge is -2.18. The van der Waals surface area contributed by atoms with Gasteiger partial charge in [-0.2, -0.15) is 8.78 Å². The van der Waals surface area contributed by atoms with Gasteiger partial charge in [0.1, 0.15) is 12.0 Å². The SMILES string of the molecule is CCOc1ccccc1C(=O)NCc1coc(-c2ccc(OC(F)F)c(OC(CC)CC)c2)n1. The molecule has 0 aliphatic heterocycles. The second kappa shape index (κ2) is 12.0. The number of rotatable bonds is 12. The molecule has 9 heteroatoms. The largest absolute Gasteiger partial charge is 0.493 e. The first kappa shape index (κ1) is 25.0. The molecule has 0 aliphatic rings. The lowest BCUT2D eigenvalue weighted by molar-refractivity contribution is -0.0521. The fraction of sp³-hybridized carbons (Fsp3) is 0.360. The van der Waals surface area contributed by atoms with Gasteiger partial charge in [0.2, 0.25) is 5.89 Å². The molecule has 1 amide bonds. The van der Waals surface area contributed by atoms with E-state index < -0.39 is 6.61 Å². The molecule has 0 aliphatic carbocycles. The van der Waals surface area contributed by atoms with Crippen LogP contribution in [0.25, 0.3) is 11.5 Å². The van der Waals surface area contributed by atoms with Crippen LogP contribution < -0.4 is 19.5 Å². The molecule has 0 saturated heterocycles. The smallest absolute Gasteiger partial charge is 0.387 e. The van der Waals surface area contributed by atoms with E-state index >= 15 is 0 Å². The first-order valence-corrected chi connectivity index (χ1v) is 11.1. The average molecular weight is 475 g/mol. The van der Waals surface area contributed by atoms with Gasteiger partial charge in [-0.1, -0.05) is 26.0 Å². The third-order valence-electron chi connectivity index (χ3n) is 5.02. The van der Waals surface area contributed by atoms with Crippen molar-refractivity contribution in [2.24, 2.45) is 0 Å². The highest BCUT2D eigenvalue weighted by atomic mass is 19.3. The molecule has 0 radical (unpaired) electrons. The Kier molecular flexibility index (Phi) is 8.84. The van der Waals surface area contributed by atoms with Crippen molar-refractivity contribution >= 4 is 5.91 Å². The van der Waals surface area contributed by atoms with Crippen molar-refractivity contribution in [2.45, 2.75) is 52.9 Å². The minimum absolute atomic E-state index is 0.0577. The maximum Gasteiger partial charge on any atom is 0.387 e. The molecule has 1 N–H and O–H groups in total. The van der Waals surface area contributed by atoms with Gasteiger partial charge in [0.25, 0.3) is 5.91 Å². The van der Waals surface area contributed by atoms with Crippen LogP contribution in [0, 0.1) is 0 Å². The number of hydrogen-bond acceptors (Lipinski definition) is 6. The van der Waals surface area contributed by atoms with Crippen LogP contribution in [0.15, 0.2) is 53.1 Å². The number of para-hydroxylation sites is 1. The second-order valence-corrected chi connectivity index (χ2v) is 7.35. The predicted molar refractivity (Wildman–Crippen MR) is 122 cm³/mol. The molecular weight excluding hydrogens is 446 g/mol. The van der Waals surface area contributed by atoms with Crippen molar-refractivity contribution in [3.05, 3.63) is 60.0 Å². The summed E-state index contributed by atoms with van der Waals surface area (Å²) in [5, 5.41) is 2.79. The molecule has 0 bridgehead atoms. The number of aromatic nitrogens is 1. The zero-order valence-electron chi connectivity index (χ0n) is 19.3. The van der Waals surface area contributed by atoms with E-state index in [0.29, 0.717) is 42.0 Å². The lowest BCUT2D eigenvalue weighted by Crippen LogP contribution is -2.23. The summed E-state index contributed by atoms with van der Waals surface area (Å²) in [7, 11) is 0. The molecular formula is C25H28F2N2O5. The number of nitrogens with one attached hydrogen (secondary N) is 1. The summed E-state index contributed by atoms with van der Waals surface area (Å²) in [6.45, 7) is 3.35. The molecule has 0 atom stereocenters. The first-order chi connectivity index (χ1) is 16.4. The Labute approximate surface area is 197 Å². The normalized spacial score (nSPS) is 11.0. The molecule has 0 saturated carbocycles. The summed E-state index contributed by atoms with van der Waals surface area (Å²) in [6, 6.07) is 11.5. The van der Waals surface area contributed by atoms with Gasteiger partial charge < -0.3 is 23.9 Å². The Morgan fingerprint density at radius 3 is 2.50 bits per heavy atom. The summed E-state index contributed by atoms with van der Waals surface area (Å²) < 4.78 is 47.2. The number of carbonyl (C=O) groups excluding carboxylic acids is 1. The van der Waals surface area contributed by atoms with E-state index in [4.69, 9.17) is 13.9 Å². The van der Waals surface area contributed by atoms with Crippen molar-refractivity contribution in [2.75, 3.05) is 6.61 Å². The minimum Gasteiger partial charge on any atom is -0.493 e. The number of benzene rings is 2. The number of hydrogen-bond donors (Lipinski definition) is 1. The first-order valence-electron chi connectivity index (χ1n) is 11.1. The second-order valence-electron chi connectivity index (χ2n) is 7.35. The van der Waals surface area contributed by atoms with Gasteiger partial charge in [0, 0.05) is 5.56 Å². The summed E-state index contributed by atoms with van der Waals surface area (Å²) in [4.78, 5) is 17.0. The highest BCUT2D eigenvalue weighted by Crippen LogP contribution is 2.35. The number of amides is 1. The van der Waals surface area contributed by atoms with Gasteiger partial charge >= 0.3 is 6.61 Å². The molecule has 1 heterocycles. The number of nitrogens with zero attached hydrogens (tertiary/aromatic N) is 1. The number of alkyl halides is 2. The molecule has 7 nitrogen and oxygen atoms in total. The molecule has 0 spiro atoms. The van der Waals surface area contributed by atoms with Crippen LogP contribution in [-0.2, 0) is 6.54 Å². The number of ether oxygens (including phenoxy) is 3. The maximum atomic E-state index is 12.8. The quantitative estimate of drug-likeness (QED) is 0.355. The van der Waals surface area contributed by atoms with Gasteiger partial charge in [-0.3, -0.25) is 4.79 Å². The fourth-order valence-corrected chi connectivity index (χ4v) is 3.28. The molecule has 34 heavy (non-hydrogen) atoms. The Hall–Kier alpha value is -3.62. The summed E-state index contributed by atoms with van der Waals surface area (Å²) in [6.07, 6.45) is 2.70. The van der Waals surface area contributed by atoms with E-state index in [0.717, 1.165) is 0 Å². The molecule has 182 valence electrons. The Morgan fingerprint density at radius 1 is 1.03 bits per heavy atom. The van der Waals surface area contributed by atoms with Crippen molar-refractivity contribution in [1.82, 2.24) is 10.3 Å². The van der Waals surface area contributed by atoms with Crippen molar-refractivity contribution < 1.29 is 32.2 Å². The van der Waals surface area contributed by atoms with Gasteiger partial charge in [-0.15, -0.1) is 0 Å². The van der Waals surface area contributed by atoms with Gasteiger partial charge in [-0.05, 0) is 50.1 Å². The van der Waals surface area contributed by atoms with Crippen molar-refractivity contribution in [1.29, 1.82) is 0 Å². The molecule has 0 unspecified atom stereocenters. The highest BCUT2D eigenvalue weighted by Gasteiger charge is 2.18. The van der Waals surface area contributed by atoms with E-state index in [1.54, 1.807) is 36.4 Å². The topological polar surface area (TPSA) is 82.8 Å². The van der Waals surface area contributed by atoms with Crippen LogP contribution in [-0.4, -0.2) is 30.2 Å². The van der Waals surface area contributed by atoms with E-state index in [-0.39, 0.29) is 35.9 Å². The number of oxazole rings is 1. The number of carbonyl (C=O) groups is 1. The monoisotopic (exact) mass is 474 g/mol. The van der Waals surface area contributed by atoms with E-state index in [9.17, 15) is 13.6 Å². The molecule has 0 fully saturated rings. The minimum atomic E-state index is -2.97. The highest BCUT2D eigenvalue weighted by molar-refractivity contribution is 5.96. The van der Waals surface area contributed by atoms with Gasteiger partial charge in [0.05, 0.1) is 30.5 Å². The Bertz CT molecular complexity index is 1080. The third kappa shape index (κ3) is 6.46. The van der Waals surface area contributed by atoms with Gasteiger partial charge in [-0.25, -0.2) is 4.98 Å². The lowest BCUT2D eigenvalue weighted by atomic mass is 10.2.